The Morgan fingerprint density at radius 1 is 1.12 bits per heavy atom. The van der Waals surface area contributed by atoms with Crippen LogP contribution in [0.1, 0.15) is 18.0 Å². The normalized spacial score (nSPS) is 13.6. The average molecular weight is 356 g/mol. The van der Waals surface area contributed by atoms with Crippen LogP contribution < -0.4 is 21.1 Å². The van der Waals surface area contributed by atoms with Crippen molar-refractivity contribution in [2.24, 2.45) is 5.73 Å². The number of sulfonamides is 1. The predicted octanol–water partition coefficient (Wildman–Crippen LogP) is -1.62. The van der Waals surface area contributed by atoms with Gasteiger partial charge in [0, 0.05) is 7.05 Å². The van der Waals surface area contributed by atoms with Crippen LogP contribution in [-0.2, 0) is 24.4 Å². The second-order valence-corrected chi connectivity index (χ2v) is 6.86. The molecule has 9 nitrogen and oxygen atoms in total. The van der Waals surface area contributed by atoms with Crippen LogP contribution in [0.2, 0.25) is 0 Å². The van der Waals surface area contributed by atoms with E-state index in [4.69, 9.17) is 5.73 Å². The number of rotatable bonds is 8. The Balaban J connectivity index is 3.06. The monoisotopic (exact) mass is 356 g/mol. The van der Waals surface area contributed by atoms with E-state index in [0.717, 1.165) is 6.26 Å². The summed E-state index contributed by atoms with van der Waals surface area (Å²) >= 11 is 0. The third kappa shape index (κ3) is 6.34. The first-order valence-electron chi connectivity index (χ1n) is 6.96. The van der Waals surface area contributed by atoms with Crippen molar-refractivity contribution in [1.82, 2.24) is 15.4 Å². The van der Waals surface area contributed by atoms with Crippen molar-refractivity contribution in [3.8, 4) is 0 Å². The first-order valence-corrected chi connectivity index (χ1v) is 8.85. The molecule has 3 amide bonds. The molecule has 0 saturated carbocycles. The number of primary amides is 1. The second kappa shape index (κ2) is 8.41. The van der Waals surface area contributed by atoms with E-state index in [0.29, 0.717) is 5.56 Å². The molecule has 1 aromatic carbocycles. The first kappa shape index (κ1) is 19.6. The molecule has 0 unspecified atom stereocenters. The summed E-state index contributed by atoms with van der Waals surface area (Å²) in [6.07, 6.45) is 0.502. The number of carbonyl (C=O) groups is 3. The molecule has 0 aromatic heterocycles. The molecule has 132 valence electrons. The summed E-state index contributed by atoms with van der Waals surface area (Å²) in [6, 6.07) is 5.66. The van der Waals surface area contributed by atoms with Crippen LogP contribution in [0.3, 0.4) is 0 Å². The molecule has 1 rings (SSSR count). The molecule has 0 saturated heterocycles. The molecule has 0 bridgehead atoms. The largest absolute Gasteiger partial charge is 0.370 e. The van der Waals surface area contributed by atoms with Gasteiger partial charge in [-0.05, 0) is 5.56 Å². The summed E-state index contributed by atoms with van der Waals surface area (Å²) in [4.78, 5) is 35.3. The Morgan fingerprint density at radius 3 is 2.17 bits per heavy atom. The van der Waals surface area contributed by atoms with E-state index >= 15 is 0 Å². The highest BCUT2D eigenvalue weighted by Crippen LogP contribution is 2.14. The maximum Gasteiger partial charge on any atom is 0.243 e. The number of hydrogen-bond donors (Lipinski definition) is 4. The topological polar surface area (TPSA) is 147 Å². The van der Waals surface area contributed by atoms with Gasteiger partial charge >= 0.3 is 0 Å². The molecule has 10 heteroatoms. The van der Waals surface area contributed by atoms with E-state index in [-0.39, 0.29) is 0 Å². The highest BCUT2D eigenvalue weighted by Gasteiger charge is 2.29. The second-order valence-electron chi connectivity index (χ2n) is 5.08. The standard InChI is InChI=1S/C14H20N4O5S/c1-16-13(20)10(8-11(15)19)17-14(21)12(18-24(2,22)23)9-6-4-3-5-7-9/h3-7,10,12,18H,8H2,1-2H3,(H2,15,19)(H,16,20)(H,17,21)/t10-,12-/m0/s1. The van der Waals surface area contributed by atoms with E-state index in [1.54, 1.807) is 30.3 Å². The molecule has 0 aliphatic carbocycles. The summed E-state index contributed by atoms with van der Waals surface area (Å²) in [5.74, 6) is -2.17. The van der Waals surface area contributed by atoms with Gasteiger partial charge in [-0.3, -0.25) is 14.4 Å². The van der Waals surface area contributed by atoms with E-state index in [1.165, 1.54) is 7.05 Å². The summed E-state index contributed by atoms with van der Waals surface area (Å²) in [6.45, 7) is 0. The number of likely N-dealkylation sites (N-methyl/N-ethyl adjacent to an activating group) is 1. The van der Waals surface area contributed by atoms with Crippen molar-refractivity contribution in [3.05, 3.63) is 35.9 Å². The maximum absolute atomic E-state index is 12.5. The van der Waals surface area contributed by atoms with Crippen molar-refractivity contribution >= 4 is 27.7 Å². The van der Waals surface area contributed by atoms with Crippen LogP contribution in [0.25, 0.3) is 0 Å². The van der Waals surface area contributed by atoms with Gasteiger partial charge in [-0.25, -0.2) is 8.42 Å². The van der Waals surface area contributed by atoms with Crippen LogP contribution in [0, 0.1) is 0 Å². The molecule has 5 N–H and O–H groups in total. The zero-order valence-electron chi connectivity index (χ0n) is 13.3. The molecule has 0 heterocycles. The SMILES string of the molecule is CNC(=O)[C@H](CC(N)=O)NC(=O)[C@@H](NS(C)(=O)=O)c1ccccc1. The number of nitrogens with two attached hydrogens (primary N) is 1. The van der Waals surface area contributed by atoms with Gasteiger partial charge in [0.1, 0.15) is 12.1 Å². The lowest BCUT2D eigenvalue weighted by molar-refractivity contribution is -0.131. The minimum absolute atomic E-state index is 0.384. The molecule has 24 heavy (non-hydrogen) atoms. The first-order chi connectivity index (χ1) is 11.1. The molecule has 0 spiro atoms. The van der Waals surface area contributed by atoms with Gasteiger partial charge in [0.05, 0.1) is 12.7 Å². The minimum atomic E-state index is -3.70. The maximum atomic E-state index is 12.5. The van der Waals surface area contributed by atoms with Crippen LogP contribution >= 0.6 is 0 Å². The number of amides is 3. The van der Waals surface area contributed by atoms with E-state index < -0.39 is 46.2 Å². The molecule has 0 aliphatic heterocycles. The Labute approximate surface area is 140 Å². The highest BCUT2D eigenvalue weighted by molar-refractivity contribution is 7.88. The van der Waals surface area contributed by atoms with Gasteiger partial charge in [-0.2, -0.15) is 4.72 Å². The quantitative estimate of drug-likeness (QED) is 0.442. The van der Waals surface area contributed by atoms with Crippen molar-refractivity contribution in [2.45, 2.75) is 18.5 Å². The smallest absolute Gasteiger partial charge is 0.243 e. The van der Waals surface area contributed by atoms with Crippen LogP contribution in [-0.4, -0.2) is 45.5 Å². The average Bonchev–Trinajstić information content (AvgIpc) is 2.50. The van der Waals surface area contributed by atoms with Gasteiger partial charge in [0.25, 0.3) is 0 Å². The predicted molar refractivity (Wildman–Crippen MR) is 87.0 cm³/mol. The van der Waals surface area contributed by atoms with Gasteiger partial charge < -0.3 is 16.4 Å². The van der Waals surface area contributed by atoms with E-state index in [9.17, 15) is 22.8 Å². The summed E-state index contributed by atoms with van der Waals surface area (Å²) in [5, 5.41) is 4.64. The Bertz CT molecular complexity index is 705. The van der Waals surface area contributed by atoms with Gasteiger partial charge in [-0.1, -0.05) is 30.3 Å². The Kier molecular flexibility index (Phi) is 6.86. The molecular formula is C14H20N4O5S. The molecule has 0 aliphatic rings. The zero-order valence-corrected chi connectivity index (χ0v) is 14.1. The van der Waals surface area contributed by atoms with Crippen LogP contribution in [0.4, 0.5) is 0 Å². The van der Waals surface area contributed by atoms with Crippen molar-refractivity contribution in [3.63, 3.8) is 0 Å². The Hall–Kier alpha value is -2.46. The lowest BCUT2D eigenvalue weighted by Crippen LogP contribution is -2.51. The fourth-order valence-corrected chi connectivity index (χ4v) is 2.64. The lowest BCUT2D eigenvalue weighted by atomic mass is 10.1. The molecule has 0 fully saturated rings. The summed E-state index contributed by atoms with van der Waals surface area (Å²) in [5.41, 5.74) is 5.45. The fraction of sp³-hybridized carbons (Fsp3) is 0.357. The zero-order chi connectivity index (χ0) is 18.3. The van der Waals surface area contributed by atoms with E-state index in [2.05, 4.69) is 15.4 Å². The summed E-state index contributed by atoms with van der Waals surface area (Å²) in [7, 11) is -2.36. The number of nitrogens with one attached hydrogen (secondary N) is 3. The van der Waals surface area contributed by atoms with Gasteiger partial charge in [0.2, 0.25) is 27.7 Å². The molecule has 1 aromatic rings. The lowest BCUT2D eigenvalue weighted by Gasteiger charge is -2.21. The highest BCUT2D eigenvalue weighted by atomic mass is 32.2. The van der Waals surface area contributed by atoms with Crippen molar-refractivity contribution in [2.75, 3.05) is 13.3 Å². The third-order valence-corrected chi connectivity index (χ3v) is 3.68. The van der Waals surface area contributed by atoms with Crippen molar-refractivity contribution in [1.29, 1.82) is 0 Å². The van der Waals surface area contributed by atoms with Gasteiger partial charge in [0.15, 0.2) is 0 Å². The van der Waals surface area contributed by atoms with Crippen molar-refractivity contribution < 1.29 is 22.8 Å². The molecule has 2 atom stereocenters. The van der Waals surface area contributed by atoms with E-state index in [1.807, 2.05) is 0 Å². The summed E-state index contributed by atoms with van der Waals surface area (Å²) < 4.78 is 25.3. The van der Waals surface area contributed by atoms with Gasteiger partial charge in [-0.15, -0.1) is 0 Å². The number of carbonyl (C=O) groups excluding carboxylic acids is 3. The molecule has 0 radical (unpaired) electrons. The number of benzene rings is 1. The minimum Gasteiger partial charge on any atom is -0.370 e. The van der Waals surface area contributed by atoms with Crippen LogP contribution in [0.15, 0.2) is 30.3 Å². The molecular weight excluding hydrogens is 336 g/mol. The third-order valence-electron chi connectivity index (χ3n) is 3.01. The fourth-order valence-electron chi connectivity index (χ4n) is 1.97. The van der Waals surface area contributed by atoms with Crippen LogP contribution in [0.5, 0.6) is 0 Å². The number of hydrogen-bond acceptors (Lipinski definition) is 5. The Morgan fingerprint density at radius 2 is 1.71 bits per heavy atom.